The first-order chi connectivity index (χ1) is 12.2. The maximum Gasteiger partial charge on any atom is 0.122 e. The first-order valence-electron chi connectivity index (χ1n) is 9.10. The summed E-state index contributed by atoms with van der Waals surface area (Å²) in [6, 6.07) is 15.1. The van der Waals surface area contributed by atoms with Crippen LogP contribution in [-0.4, -0.2) is 14.2 Å². The molecule has 0 heterocycles. The minimum Gasteiger partial charge on any atom is -0.497 e. The van der Waals surface area contributed by atoms with Gasteiger partial charge in [-0.3, -0.25) is 0 Å². The summed E-state index contributed by atoms with van der Waals surface area (Å²) in [6.45, 7) is 8.42. The molecule has 0 amide bonds. The van der Waals surface area contributed by atoms with Crippen molar-refractivity contribution in [1.29, 1.82) is 0 Å². The van der Waals surface area contributed by atoms with Gasteiger partial charge in [-0.25, -0.2) is 0 Å². The van der Waals surface area contributed by atoms with E-state index in [2.05, 4.69) is 62.9 Å². The second-order valence-electron chi connectivity index (χ2n) is 6.37. The molecule has 0 bridgehead atoms. The molecule has 0 N–H and O–H groups in total. The molecule has 0 aliphatic carbocycles. The summed E-state index contributed by atoms with van der Waals surface area (Å²) in [6.07, 6.45) is 4.97. The van der Waals surface area contributed by atoms with E-state index < -0.39 is 0 Å². The van der Waals surface area contributed by atoms with Crippen LogP contribution in [-0.2, 0) is 6.42 Å². The normalized spacial score (nSPS) is 13.1. The lowest BCUT2D eigenvalue weighted by molar-refractivity contribution is 0.409. The Balaban J connectivity index is 2.38. The summed E-state index contributed by atoms with van der Waals surface area (Å²) in [4.78, 5) is 0. The number of rotatable bonds is 9. The Bertz CT molecular complexity index is 673. The Kier molecular flexibility index (Phi) is 7.12. The molecule has 0 saturated heterocycles. The Morgan fingerprint density at radius 3 is 2.00 bits per heavy atom. The predicted octanol–water partition coefficient (Wildman–Crippen LogP) is 6.12. The van der Waals surface area contributed by atoms with E-state index in [0.29, 0.717) is 11.8 Å². The van der Waals surface area contributed by atoms with Gasteiger partial charge in [-0.1, -0.05) is 44.2 Å². The highest BCUT2D eigenvalue weighted by atomic mass is 16.5. The average molecular weight is 338 g/mol. The zero-order valence-corrected chi connectivity index (χ0v) is 15.9. The van der Waals surface area contributed by atoms with Crippen LogP contribution in [0.2, 0.25) is 0 Å². The first kappa shape index (κ1) is 19.1. The van der Waals surface area contributed by atoms with Crippen LogP contribution < -0.4 is 9.47 Å². The monoisotopic (exact) mass is 338 g/mol. The number of benzene rings is 2. The zero-order valence-electron chi connectivity index (χ0n) is 15.9. The largest absolute Gasteiger partial charge is 0.497 e. The molecule has 134 valence electrons. The maximum absolute atomic E-state index is 5.50. The molecule has 0 radical (unpaired) electrons. The second-order valence-corrected chi connectivity index (χ2v) is 6.37. The minimum atomic E-state index is 0.480. The lowest BCUT2D eigenvalue weighted by Gasteiger charge is -2.27. The number of allylic oxidation sites excluding steroid dienone is 1. The van der Waals surface area contributed by atoms with Gasteiger partial charge < -0.3 is 9.47 Å². The molecule has 2 aromatic carbocycles. The van der Waals surface area contributed by atoms with Crippen LogP contribution in [0, 0.1) is 0 Å². The van der Waals surface area contributed by atoms with Gasteiger partial charge in [0, 0.05) is 0 Å². The third kappa shape index (κ3) is 4.45. The van der Waals surface area contributed by atoms with E-state index >= 15 is 0 Å². The minimum absolute atomic E-state index is 0.480. The van der Waals surface area contributed by atoms with Crippen LogP contribution in [0.3, 0.4) is 0 Å². The fourth-order valence-corrected chi connectivity index (χ4v) is 3.70. The maximum atomic E-state index is 5.50. The summed E-state index contributed by atoms with van der Waals surface area (Å²) >= 11 is 0. The first-order valence-corrected chi connectivity index (χ1v) is 9.10. The Morgan fingerprint density at radius 2 is 1.48 bits per heavy atom. The van der Waals surface area contributed by atoms with Crippen molar-refractivity contribution in [3.8, 4) is 11.5 Å². The van der Waals surface area contributed by atoms with Gasteiger partial charge in [-0.2, -0.15) is 0 Å². The summed E-state index contributed by atoms with van der Waals surface area (Å²) in [7, 11) is 3.44. The SMILES string of the molecule is C=CCc1cc(C(CC)C(CC)c2ccc(OC)cc2)ccc1OC. The molecule has 2 rings (SSSR count). The molecule has 2 heteroatoms. The molecule has 0 spiro atoms. The standard InChI is InChI=1S/C23H30O2/c1-6-9-19-16-18(12-15-23(19)25-5)22(8-3)21(7-2)17-10-13-20(24-4)14-11-17/h6,10-16,21-22H,1,7-9H2,2-5H3. The number of methoxy groups -OCH3 is 2. The molecule has 0 aliphatic heterocycles. The molecule has 25 heavy (non-hydrogen) atoms. The lowest BCUT2D eigenvalue weighted by atomic mass is 9.78. The zero-order chi connectivity index (χ0) is 18.2. The van der Waals surface area contributed by atoms with Crippen molar-refractivity contribution in [3.63, 3.8) is 0 Å². The van der Waals surface area contributed by atoms with E-state index in [1.54, 1.807) is 14.2 Å². The molecule has 0 fully saturated rings. The van der Waals surface area contributed by atoms with Crippen molar-refractivity contribution >= 4 is 0 Å². The average Bonchev–Trinajstić information content (AvgIpc) is 2.66. The smallest absolute Gasteiger partial charge is 0.122 e. The van der Waals surface area contributed by atoms with Crippen LogP contribution in [0.1, 0.15) is 55.2 Å². The summed E-state index contributed by atoms with van der Waals surface area (Å²) < 4.78 is 10.8. The molecule has 2 nitrogen and oxygen atoms in total. The fourth-order valence-electron chi connectivity index (χ4n) is 3.70. The van der Waals surface area contributed by atoms with Gasteiger partial charge in [0.25, 0.3) is 0 Å². The number of hydrogen-bond acceptors (Lipinski definition) is 2. The Hall–Kier alpha value is -2.22. The topological polar surface area (TPSA) is 18.5 Å². The highest BCUT2D eigenvalue weighted by Crippen LogP contribution is 2.39. The van der Waals surface area contributed by atoms with Gasteiger partial charge in [0.05, 0.1) is 14.2 Å². The summed E-state index contributed by atoms with van der Waals surface area (Å²) in [5.41, 5.74) is 3.96. The number of hydrogen-bond donors (Lipinski definition) is 0. The molecule has 0 saturated carbocycles. The molecule has 2 aromatic rings. The van der Waals surface area contributed by atoms with Crippen molar-refractivity contribution in [1.82, 2.24) is 0 Å². The van der Waals surface area contributed by atoms with Crippen molar-refractivity contribution in [2.75, 3.05) is 14.2 Å². The van der Waals surface area contributed by atoms with E-state index in [1.807, 2.05) is 6.08 Å². The highest BCUT2D eigenvalue weighted by Gasteiger charge is 2.23. The summed E-state index contributed by atoms with van der Waals surface area (Å²) in [5.74, 6) is 2.81. The van der Waals surface area contributed by atoms with Crippen LogP contribution in [0.25, 0.3) is 0 Å². The highest BCUT2D eigenvalue weighted by molar-refractivity contribution is 5.41. The van der Waals surface area contributed by atoms with Crippen LogP contribution in [0.5, 0.6) is 11.5 Å². The molecule has 0 aromatic heterocycles. The van der Waals surface area contributed by atoms with Gasteiger partial charge in [0.1, 0.15) is 11.5 Å². The Morgan fingerprint density at radius 1 is 0.880 bits per heavy atom. The van der Waals surface area contributed by atoms with Gasteiger partial charge in [-0.15, -0.1) is 6.58 Å². The third-order valence-corrected chi connectivity index (χ3v) is 5.01. The van der Waals surface area contributed by atoms with Crippen molar-refractivity contribution < 1.29 is 9.47 Å². The fraction of sp³-hybridized carbons (Fsp3) is 0.391. The van der Waals surface area contributed by atoms with Crippen molar-refractivity contribution in [3.05, 3.63) is 71.8 Å². The van der Waals surface area contributed by atoms with Crippen LogP contribution in [0.15, 0.2) is 55.1 Å². The van der Waals surface area contributed by atoms with E-state index in [9.17, 15) is 0 Å². The van der Waals surface area contributed by atoms with E-state index in [-0.39, 0.29) is 0 Å². The predicted molar refractivity (Wildman–Crippen MR) is 106 cm³/mol. The molecule has 2 unspecified atom stereocenters. The molecular formula is C23H30O2. The van der Waals surface area contributed by atoms with E-state index in [1.165, 1.54) is 16.7 Å². The Labute approximate surface area is 152 Å². The van der Waals surface area contributed by atoms with E-state index in [4.69, 9.17) is 9.47 Å². The third-order valence-electron chi connectivity index (χ3n) is 5.01. The van der Waals surface area contributed by atoms with Crippen molar-refractivity contribution in [2.24, 2.45) is 0 Å². The van der Waals surface area contributed by atoms with Crippen LogP contribution >= 0.6 is 0 Å². The van der Waals surface area contributed by atoms with Gasteiger partial charge in [-0.05, 0) is 66.0 Å². The second kappa shape index (κ2) is 9.31. The van der Waals surface area contributed by atoms with Gasteiger partial charge in [0.2, 0.25) is 0 Å². The number of ether oxygens (including phenoxy) is 2. The summed E-state index contributed by atoms with van der Waals surface area (Å²) in [5, 5.41) is 0. The molecule has 0 aliphatic rings. The molecular weight excluding hydrogens is 308 g/mol. The van der Waals surface area contributed by atoms with Crippen molar-refractivity contribution in [2.45, 2.75) is 44.9 Å². The quantitative estimate of drug-likeness (QED) is 0.513. The lowest BCUT2D eigenvalue weighted by Crippen LogP contribution is -2.11. The van der Waals surface area contributed by atoms with Crippen LogP contribution in [0.4, 0.5) is 0 Å². The van der Waals surface area contributed by atoms with Gasteiger partial charge >= 0.3 is 0 Å². The van der Waals surface area contributed by atoms with Gasteiger partial charge in [0.15, 0.2) is 0 Å². The van der Waals surface area contributed by atoms with E-state index in [0.717, 1.165) is 30.8 Å². The molecule has 2 atom stereocenters.